The summed E-state index contributed by atoms with van der Waals surface area (Å²) in [6, 6.07) is 7.04. The van der Waals surface area contributed by atoms with Crippen molar-refractivity contribution in [3.8, 4) is 0 Å². The monoisotopic (exact) mass is 232 g/mol. The quantitative estimate of drug-likeness (QED) is 0.871. The molecule has 0 unspecified atom stereocenters. The van der Waals surface area contributed by atoms with Crippen LogP contribution in [-0.4, -0.2) is 16.9 Å². The number of carboxylic acids is 1. The summed E-state index contributed by atoms with van der Waals surface area (Å²) in [5.74, 6) is 0.0608. The number of hydrogen-bond acceptors (Lipinski definition) is 2. The molecule has 0 saturated heterocycles. The van der Waals surface area contributed by atoms with Gasteiger partial charge in [-0.3, -0.25) is 4.79 Å². The molecule has 17 heavy (non-hydrogen) atoms. The molecule has 1 saturated carbocycles. The Bertz CT molecular complexity index is 410. The summed E-state index contributed by atoms with van der Waals surface area (Å²) >= 11 is 0. The number of carbonyl (C=O) groups is 2. The summed E-state index contributed by atoms with van der Waals surface area (Å²) in [5, 5.41) is 8.79. The van der Waals surface area contributed by atoms with Crippen LogP contribution < -0.4 is 0 Å². The first-order chi connectivity index (χ1) is 8.15. The lowest BCUT2D eigenvalue weighted by Crippen LogP contribution is -2.15. The van der Waals surface area contributed by atoms with Gasteiger partial charge in [-0.05, 0) is 42.9 Å². The molecule has 1 aliphatic rings. The molecular weight excluding hydrogens is 216 g/mol. The molecule has 1 aromatic carbocycles. The molecule has 3 heteroatoms. The Hall–Kier alpha value is -1.64. The number of ketones is 1. The van der Waals surface area contributed by atoms with E-state index in [0.29, 0.717) is 30.1 Å². The molecule has 1 N–H and O–H groups in total. The maximum atomic E-state index is 11.1. The summed E-state index contributed by atoms with van der Waals surface area (Å²) in [7, 11) is 0. The smallest absolute Gasteiger partial charge is 0.335 e. The summed E-state index contributed by atoms with van der Waals surface area (Å²) in [4.78, 5) is 21.8. The molecule has 0 spiro atoms. The Morgan fingerprint density at radius 2 is 1.76 bits per heavy atom. The van der Waals surface area contributed by atoms with E-state index >= 15 is 0 Å². The molecule has 2 rings (SSSR count). The van der Waals surface area contributed by atoms with Gasteiger partial charge in [0, 0.05) is 12.8 Å². The highest BCUT2D eigenvalue weighted by atomic mass is 16.4. The second-order valence-corrected chi connectivity index (χ2v) is 4.69. The van der Waals surface area contributed by atoms with E-state index in [1.807, 2.05) is 12.1 Å². The number of benzene rings is 1. The molecule has 90 valence electrons. The molecule has 1 fully saturated rings. The average molecular weight is 232 g/mol. The van der Waals surface area contributed by atoms with Gasteiger partial charge in [-0.15, -0.1) is 0 Å². The van der Waals surface area contributed by atoms with Crippen LogP contribution in [0.2, 0.25) is 0 Å². The molecule has 0 aliphatic heterocycles. The van der Waals surface area contributed by atoms with Crippen molar-refractivity contribution in [1.82, 2.24) is 0 Å². The second kappa shape index (κ2) is 5.13. The predicted octanol–water partition coefficient (Wildman–Crippen LogP) is 2.69. The fourth-order valence-corrected chi connectivity index (χ4v) is 2.32. The second-order valence-electron chi connectivity index (χ2n) is 4.69. The highest BCUT2D eigenvalue weighted by Gasteiger charge is 2.18. The van der Waals surface area contributed by atoms with Gasteiger partial charge in [-0.25, -0.2) is 4.79 Å². The first kappa shape index (κ1) is 11.8. The largest absolute Gasteiger partial charge is 0.478 e. The standard InChI is InChI=1S/C14H16O3/c15-13-7-3-11(4-8-13)9-10-1-5-12(6-2-10)14(16)17/h1-2,5-6,11H,3-4,7-9H2,(H,16,17). The third-order valence-corrected chi connectivity index (χ3v) is 3.39. The van der Waals surface area contributed by atoms with E-state index < -0.39 is 5.97 Å². The van der Waals surface area contributed by atoms with E-state index in [-0.39, 0.29) is 0 Å². The van der Waals surface area contributed by atoms with Crippen molar-refractivity contribution in [1.29, 1.82) is 0 Å². The molecule has 0 amide bonds. The lowest BCUT2D eigenvalue weighted by Gasteiger charge is -2.20. The van der Waals surface area contributed by atoms with Crippen molar-refractivity contribution in [2.75, 3.05) is 0 Å². The van der Waals surface area contributed by atoms with Gasteiger partial charge in [0.15, 0.2) is 0 Å². The Morgan fingerprint density at radius 1 is 1.18 bits per heavy atom. The van der Waals surface area contributed by atoms with Gasteiger partial charge in [-0.2, -0.15) is 0 Å². The van der Waals surface area contributed by atoms with E-state index in [9.17, 15) is 9.59 Å². The summed E-state index contributed by atoms with van der Waals surface area (Å²) in [6.07, 6.45) is 4.31. The minimum absolute atomic E-state index is 0.326. The van der Waals surface area contributed by atoms with Crippen molar-refractivity contribution in [2.24, 2.45) is 5.92 Å². The summed E-state index contributed by atoms with van der Waals surface area (Å²) in [6.45, 7) is 0. The van der Waals surface area contributed by atoms with E-state index in [0.717, 1.165) is 24.8 Å². The van der Waals surface area contributed by atoms with Gasteiger partial charge in [0.05, 0.1) is 5.56 Å². The van der Waals surface area contributed by atoms with Gasteiger partial charge in [0.25, 0.3) is 0 Å². The van der Waals surface area contributed by atoms with Crippen LogP contribution in [0.15, 0.2) is 24.3 Å². The van der Waals surface area contributed by atoms with Crippen LogP contribution in [-0.2, 0) is 11.2 Å². The van der Waals surface area contributed by atoms with Gasteiger partial charge in [-0.1, -0.05) is 12.1 Å². The van der Waals surface area contributed by atoms with Crippen molar-refractivity contribution in [3.63, 3.8) is 0 Å². The van der Waals surface area contributed by atoms with Crippen LogP contribution in [0.4, 0.5) is 0 Å². The first-order valence-electron chi connectivity index (χ1n) is 5.99. The number of hydrogen-bond donors (Lipinski definition) is 1. The van der Waals surface area contributed by atoms with Crippen LogP contribution >= 0.6 is 0 Å². The molecule has 1 aliphatic carbocycles. The van der Waals surface area contributed by atoms with Gasteiger partial charge in [0.2, 0.25) is 0 Å². The molecule has 0 bridgehead atoms. The molecule has 0 radical (unpaired) electrons. The fraction of sp³-hybridized carbons (Fsp3) is 0.429. The van der Waals surface area contributed by atoms with Crippen LogP contribution in [0, 0.1) is 5.92 Å². The minimum atomic E-state index is -0.889. The zero-order chi connectivity index (χ0) is 12.3. The zero-order valence-electron chi connectivity index (χ0n) is 9.69. The zero-order valence-corrected chi connectivity index (χ0v) is 9.69. The number of rotatable bonds is 3. The Balaban J connectivity index is 1.95. The van der Waals surface area contributed by atoms with E-state index in [1.54, 1.807) is 12.1 Å². The molecular formula is C14H16O3. The van der Waals surface area contributed by atoms with Crippen LogP contribution in [0.25, 0.3) is 0 Å². The van der Waals surface area contributed by atoms with E-state index in [2.05, 4.69) is 0 Å². The minimum Gasteiger partial charge on any atom is -0.478 e. The number of Topliss-reactive ketones (excluding diaryl/α,β-unsaturated/α-hetero) is 1. The fourth-order valence-electron chi connectivity index (χ4n) is 2.32. The highest BCUT2D eigenvalue weighted by Crippen LogP contribution is 2.25. The van der Waals surface area contributed by atoms with E-state index in [4.69, 9.17) is 5.11 Å². The first-order valence-corrected chi connectivity index (χ1v) is 5.99. The third-order valence-electron chi connectivity index (χ3n) is 3.39. The van der Waals surface area contributed by atoms with Crippen LogP contribution in [0.3, 0.4) is 0 Å². The summed E-state index contributed by atoms with van der Waals surface area (Å²) in [5.41, 5.74) is 1.49. The summed E-state index contributed by atoms with van der Waals surface area (Å²) < 4.78 is 0. The Morgan fingerprint density at radius 3 is 2.29 bits per heavy atom. The maximum absolute atomic E-state index is 11.1. The maximum Gasteiger partial charge on any atom is 0.335 e. The van der Waals surface area contributed by atoms with Crippen molar-refractivity contribution >= 4 is 11.8 Å². The molecule has 3 nitrogen and oxygen atoms in total. The van der Waals surface area contributed by atoms with Gasteiger partial charge >= 0.3 is 5.97 Å². The molecule has 1 aromatic rings. The van der Waals surface area contributed by atoms with E-state index in [1.165, 1.54) is 0 Å². The van der Waals surface area contributed by atoms with Crippen molar-refractivity contribution in [3.05, 3.63) is 35.4 Å². The Labute approximate surface area is 100 Å². The Kier molecular flexibility index (Phi) is 3.57. The topological polar surface area (TPSA) is 54.4 Å². The SMILES string of the molecule is O=C1CCC(Cc2ccc(C(=O)O)cc2)CC1. The molecule has 0 aromatic heterocycles. The van der Waals surface area contributed by atoms with Gasteiger partial charge < -0.3 is 5.11 Å². The number of aromatic carboxylic acids is 1. The van der Waals surface area contributed by atoms with Crippen LogP contribution in [0.5, 0.6) is 0 Å². The predicted molar refractivity (Wildman–Crippen MR) is 64.1 cm³/mol. The average Bonchev–Trinajstić information content (AvgIpc) is 2.33. The van der Waals surface area contributed by atoms with Crippen LogP contribution in [0.1, 0.15) is 41.6 Å². The number of carbonyl (C=O) groups excluding carboxylic acids is 1. The van der Waals surface area contributed by atoms with Gasteiger partial charge in [0.1, 0.15) is 5.78 Å². The van der Waals surface area contributed by atoms with Crippen molar-refractivity contribution in [2.45, 2.75) is 32.1 Å². The third kappa shape index (κ3) is 3.16. The molecule has 0 heterocycles. The lowest BCUT2D eigenvalue weighted by atomic mass is 9.84. The lowest BCUT2D eigenvalue weighted by molar-refractivity contribution is -0.121. The highest BCUT2D eigenvalue weighted by molar-refractivity contribution is 5.87. The normalized spacial score (nSPS) is 17.1. The molecule has 0 atom stereocenters. The number of carboxylic acid groups (broad SMARTS) is 1. The van der Waals surface area contributed by atoms with Crippen molar-refractivity contribution < 1.29 is 14.7 Å².